The summed E-state index contributed by atoms with van der Waals surface area (Å²) in [6, 6.07) is 28.8. The second-order valence-electron chi connectivity index (χ2n) is 9.77. The number of para-hydroxylation sites is 1. The van der Waals surface area contributed by atoms with Crippen molar-refractivity contribution in [3.63, 3.8) is 0 Å². The molecule has 1 saturated heterocycles. The number of ether oxygens (including phenoxy) is 1. The fourth-order valence-electron chi connectivity index (χ4n) is 5.46. The first-order valence-electron chi connectivity index (χ1n) is 12.3. The normalized spacial score (nSPS) is 21.2. The quantitative estimate of drug-likeness (QED) is 0.431. The maximum absolute atomic E-state index is 6.76. The van der Waals surface area contributed by atoms with Gasteiger partial charge in [-0.2, -0.15) is 5.10 Å². The van der Waals surface area contributed by atoms with Gasteiger partial charge in [-0.25, -0.2) is 5.01 Å². The molecule has 3 aliphatic heterocycles. The first-order valence-corrected chi connectivity index (χ1v) is 13.2. The van der Waals surface area contributed by atoms with Gasteiger partial charge in [0.1, 0.15) is 5.75 Å². The number of likely N-dealkylation sites (tertiary alicyclic amines) is 1. The number of hydrazone groups is 1. The molecule has 6 rings (SSSR count). The minimum atomic E-state index is -0.352. The van der Waals surface area contributed by atoms with E-state index in [4.69, 9.17) is 9.84 Å². The van der Waals surface area contributed by atoms with E-state index in [0.29, 0.717) is 6.04 Å². The van der Waals surface area contributed by atoms with E-state index in [-0.39, 0.29) is 11.8 Å². The third-order valence-electron chi connectivity index (χ3n) is 7.38. The first kappa shape index (κ1) is 21.8. The Labute approximate surface area is 206 Å². The van der Waals surface area contributed by atoms with Crippen molar-refractivity contribution >= 4 is 17.5 Å². The summed E-state index contributed by atoms with van der Waals surface area (Å²) in [5.41, 5.74) is 3.27. The van der Waals surface area contributed by atoms with Gasteiger partial charge in [0.15, 0.2) is 0 Å². The summed E-state index contributed by atoms with van der Waals surface area (Å²) in [6.07, 6.45) is 2.86. The van der Waals surface area contributed by atoms with Crippen LogP contribution in [-0.4, -0.2) is 40.5 Å². The van der Waals surface area contributed by atoms with Gasteiger partial charge in [-0.1, -0.05) is 60.3 Å². The lowest BCUT2D eigenvalue weighted by Crippen LogP contribution is -2.59. The molecular weight excluding hydrogens is 438 g/mol. The van der Waals surface area contributed by atoms with Gasteiger partial charge in [0.2, 0.25) is 5.72 Å². The Kier molecular flexibility index (Phi) is 5.62. The third-order valence-corrected chi connectivity index (χ3v) is 8.40. The molecule has 1 spiro atoms. The van der Waals surface area contributed by atoms with Crippen LogP contribution >= 0.6 is 11.8 Å². The van der Waals surface area contributed by atoms with Gasteiger partial charge >= 0.3 is 0 Å². The highest BCUT2D eigenvalue weighted by Gasteiger charge is 2.51. The Hall–Kier alpha value is -2.76. The fourth-order valence-corrected chi connectivity index (χ4v) is 6.30. The van der Waals surface area contributed by atoms with Crippen LogP contribution in [0.15, 0.2) is 93.8 Å². The van der Waals surface area contributed by atoms with Crippen molar-refractivity contribution in [1.82, 2.24) is 9.91 Å². The summed E-state index contributed by atoms with van der Waals surface area (Å²) >= 11 is 1.79. The average Bonchev–Trinajstić information content (AvgIpc) is 3.33. The van der Waals surface area contributed by atoms with Crippen LogP contribution in [-0.2, 0) is 0 Å². The zero-order valence-corrected chi connectivity index (χ0v) is 20.7. The number of benzene rings is 3. The molecule has 5 heteroatoms. The topological polar surface area (TPSA) is 28.1 Å². The van der Waals surface area contributed by atoms with Crippen LogP contribution in [0.2, 0.25) is 0 Å². The Morgan fingerprint density at radius 1 is 0.882 bits per heavy atom. The molecule has 174 valence electrons. The summed E-state index contributed by atoms with van der Waals surface area (Å²) < 4.78 is 6.76. The minimum Gasteiger partial charge on any atom is -0.466 e. The lowest BCUT2D eigenvalue weighted by molar-refractivity contribution is -0.152. The molecule has 3 aromatic carbocycles. The molecular formula is C29H31N3OS. The van der Waals surface area contributed by atoms with Crippen molar-refractivity contribution in [2.45, 2.75) is 60.7 Å². The van der Waals surface area contributed by atoms with Crippen molar-refractivity contribution in [2.75, 3.05) is 13.1 Å². The molecule has 0 N–H and O–H groups in total. The Balaban J connectivity index is 1.28. The van der Waals surface area contributed by atoms with E-state index in [0.717, 1.165) is 43.8 Å². The lowest BCUT2D eigenvalue weighted by Gasteiger charge is -2.51. The van der Waals surface area contributed by atoms with Gasteiger partial charge in [-0.3, -0.25) is 0 Å². The highest BCUT2D eigenvalue weighted by atomic mass is 32.2. The van der Waals surface area contributed by atoms with E-state index in [1.54, 1.807) is 11.8 Å². The van der Waals surface area contributed by atoms with Gasteiger partial charge in [0, 0.05) is 53.7 Å². The summed E-state index contributed by atoms with van der Waals surface area (Å²) in [6.45, 7) is 6.64. The minimum absolute atomic E-state index is 0.240. The standard InChI is InChI=1S/C29H31N3OS/c1-21(2)31-18-16-29(17-19-31)32-27(25-10-6-7-11-28(25)33-29)20-26(30-32)22-12-14-24(15-13-22)34-23-8-4-3-5-9-23/h3-15,21,27H,16-20H2,1-2H3. The van der Waals surface area contributed by atoms with Crippen molar-refractivity contribution in [3.05, 3.63) is 90.0 Å². The molecule has 3 aromatic rings. The molecule has 1 fully saturated rings. The maximum atomic E-state index is 6.76. The SMILES string of the molecule is CC(C)N1CCC2(CC1)Oc1ccccc1C1CC(c3ccc(Sc4ccccc4)cc3)=NN12. The van der Waals surface area contributed by atoms with Gasteiger partial charge < -0.3 is 9.64 Å². The molecule has 1 atom stereocenters. The van der Waals surface area contributed by atoms with Crippen molar-refractivity contribution in [1.29, 1.82) is 0 Å². The first-order chi connectivity index (χ1) is 16.6. The largest absolute Gasteiger partial charge is 0.466 e. The van der Waals surface area contributed by atoms with Crippen LogP contribution in [0.4, 0.5) is 0 Å². The van der Waals surface area contributed by atoms with Crippen molar-refractivity contribution in [2.24, 2.45) is 5.10 Å². The summed E-state index contributed by atoms with van der Waals surface area (Å²) in [4.78, 5) is 5.06. The number of nitrogens with zero attached hydrogens (tertiary/aromatic N) is 3. The van der Waals surface area contributed by atoms with Crippen LogP contribution in [0.1, 0.15) is 50.3 Å². The monoisotopic (exact) mass is 469 g/mol. The summed E-state index contributed by atoms with van der Waals surface area (Å²) in [5.74, 6) is 1.04. The second kappa shape index (κ2) is 8.79. The number of hydrogen-bond donors (Lipinski definition) is 0. The number of hydrogen-bond acceptors (Lipinski definition) is 5. The highest BCUT2D eigenvalue weighted by molar-refractivity contribution is 7.99. The molecule has 0 aromatic heterocycles. The van der Waals surface area contributed by atoms with Crippen LogP contribution in [0.3, 0.4) is 0 Å². The lowest BCUT2D eigenvalue weighted by atomic mass is 9.90. The number of fused-ring (bicyclic) bond motifs is 4. The highest BCUT2D eigenvalue weighted by Crippen LogP contribution is 2.50. The predicted octanol–water partition coefficient (Wildman–Crippen LogP) is 6.58. The molecule has 0 amide bonds. The fraction of sp³-hybridized carbons (Fsp3) is 0.345. The Bertz CT molecular complexity index is 1180. The Morgan fingerprint density at radius 2 is 1.56 bits per heavy atom. The van der Waals surface area contributed by atoms with Crippen LogP contribution in [0.5, 0.6) is 5.75 Å². The van der Waals surface area contributed by atoms with E-state index in [2.05, 4.69) is 103 Å². The van der Waals surface area contributed by atoms with Crippen LogP contribution < -0.4 is 4.74 Å². The molecule has 0 radical (unpaired) electrons. The summed E-state index contributed by atoms with van der Waals surface area (Å²) in [5, 5.41) is 7.55. The molecule has 0 bridgehead atoms. The zero-order valence-electron chi connectivity index (χ0n) is 19.9. The average molecular weight is 470 g/mol. The van der Waals surface area contributed by atoms with E-state index in [1.807, 2.05) is 0 Å². The second-order valence-corrected chi connectivity index (χ2v) is 10.9. The molecule has 3 aliphatic rings. The maximum Gasteiger partial charge on any atom is 0.200 e. The molecule has 0 saturated carbocycles. The molecule has 4 nitrogen and oxygen atoms in total. The van der Waals surface area contributed by atoms with Crippen molar-refractivity contribution in [3.8, 4) is 5.75 Å². The van der Waals surface area contributed by atoms with Gasteiger partial charge in [-0.05, 0) is 49.7 Å². The molecule has 34 heavy (non-hydrogen) atoms. The molecule has 0 aliphatic carbocycles. The third kappa shape index (κ3) is 3.91. The van der Waals surface area contributed by atoms with Crippen LogP contribution in [0, 0.1) is 0 Å². The number of rotatable bonds is 4. The predicted molar refractivity (Wildman–Crippen MR) is 138 cm³/mol. The Morgan fingerprint density at radius 3 is 2.29 bits per heavy atom. The van der Waals surface area contributed by atoms with Gasteiger partial charge in [-0.15, -0.1) is 0 Å². The van der Waals surface area contributed by atoms with Gasteiger partial charge in [0.25, 0.3) is 0 Å². The van der Waals surface area contributed by atoms with Crippen LogP contribution in [0.25, 0.3) is 0 Å². The zero-order chi connectivity index (χ0) is 23.1. The molecule has 1 unspecified atom stereocenters. The van der Waals surface area contributed by atoms with E-state index < -0.39 is 0 Å². The van der Waals surface area contributed by atoms with E-state index in [1.165, 1.54) is 20.9 Å². The van der Waals surface area contributed by atoms with E-state index >= 15 is 0 Å². The van der Waals surface area contributed by atoms with Gasteiger partial charge in [0.05, 0.1) is 11.8 Å². The van der Waals surface area contributed by atoms with E-state index in [9.17, 15) is 0 Å². The summed E-state index contributed by atoms with van der Waals surface area (Å²) in [7, 11) is 0. The number of piperidine rings is 1. The smallest absolute Gasteiger partial charge is 0.200 e. The molecule has 3 heterocycles. The van der Waals surface area contributed by atoms with Crippen molar-refractivity contribution < 1.29 is 4.74 Å².